The number of hydrogen-bond donors (Lipinski definition) is 2. The highest BCUT2D eigenvalue weighted by Gasteiger charge is 2.33. The number of nitro benzene ring substituents is 1. The van der Waals surface area contributed by atoms with Gasteiger partial charge in [-0.25, -0.2) is 0 Å². The molecule has 1 amide bonds. The minimum atomic E-state index is -0.566. The maximum absolute atomic E-state index is 12.5. The van der Waals surface area contributed by atoms with Crippen molar-refractivity contribution >= 4 is 24.0 Å². The molecule has 1 aliphatic rings. The highest BCUT2D eigenvalue weighted by atomic mass is 35.5. The van der Waals surface area contributed by atoms with Crippen molar-refractivity contribution < 1.29 is 19.2 Å². The van der Waals surface area contributed by atoms with Gasteiger partial charge in [0, 0.05) is 25.1 Å². The van der Waals surface area contributed by atoms with Gasteiger partial charge in [-0.2, -0.15) is 0 Å². The van der Waals surface area contributed by atoms with Gasteiger partial charge < -0.3 is 20.1 Å². The maximum Gasteiger partial charge on any atom is 0.282 e. The Morgan fingerprint density at radius 2 is 2.04 bits per heavy atom. The van der Waals surface area contributed by atoms with Gasteiger partial charge >= 0.3 is 0 Å². The van der Waals surface area contributed by atoms with E-state index in [1.165, 1.54) is 25.3 Å². The van der Waals surface area contributed by atoms with Gasteiger partial charge in [0.2, 0.25) is 0 Å². The van der Waals surface area contributed by atoms with Gasteiger partial charge in [-0.15, -0.1) is 12.4 Å². The topological polar surface area (TPSA) is 103 Å². The van der Waals surface area contributed by atoms with Crippen molar-refractivity contribution in [3.8, 4) is 5.75 Å². The SMILES string of the molecule is COCC1(CNC(=O)c2cc(OC)ccc2[N+](=O)[O-])CCNCC1.Cl. The largest absolute Gasteiger partial charge is 0.497 e. The van der Waals surface area contributed by atoms with Crippen molar-refractivity contribution in [3.63, 3.8) is 0 Å². The number of benzene rings is 1. The molecule has 0 aromatic heterocycles. The van der Waals surface area contributed by atoms with Crippen LogP contribution in [-0.4, -0.2) is 51.3 Å². The summed E-state index contributed by atoms with van der Waals surface area (Å²) >= 11 is 0. The number of nitrogens with one attached hydrogen (secondary N) is 2. The van der Waals surface area contributed by atoms with Crippen molar-refractivity contribution in [2.75, 3.05) is 40.5 Å². The molecule has 9 heteroatoms. The quantitative estimate of drug-likeness (QED) is 0.557. The molecule has 0 spiro atoms. The third-order valence-electron chi connectivity index (χ3n) is 4.38. The van der Waals surface area contributed by atoms with E-state index in [9.17, 15) is 14.9 Å². The van der Waals surface area contributed by atoms with Crippen LogP contribution in [0.3, 0.4) is 0 Å². The number of rotatable bonds is 7. The first-order valence-corrected chi connectivity index (χ1v) is 7.82. The number of methoxy groups -OCH3 is 2. The number of amides is 1. The van der Waals surface area contributed by atoms with Gasteiger partial charge in [0.05, 0.1) is 18.6 Å². The second-order valence-corrected chi connectivity index (χ2v) is 6.01. The first kappa shape index (κ1) is 21.1. The van der Waals surface area contributed by atoms with Gasteiger partial charge in [-0.3, -0.25) is 14.9 Å². The Labute approximate surface area is 152 Å². The van der Waals surface area contributed by atoms with Gasteiger partial charge in [-0.05, 0) is 38.1 Å². The van der Waals surface area contributed by atoms with E-state index in [4.69, 9.17) is 9.47 Å². The van der Waals surface area contributed by atoms with Crippen LogP contribution in [0.2, 0.25) is 0 Å². The van der Waals surface area contributed by atoms with E-state index in [-0.39, 0.29) is 29.1 Å². The third-order valence-corrected chi connectivity index (χ3v) is 4.38. The molecule has 2 rings (SSSR count). The van der Waals surface area contributed by atoms with E-state index < -0.39 is 10.8 Å². The van der Waals surface area contributed by atoms with E-state index >= 15 is 0 Å². The molecular formula is C16H24ClN3O5. The number of ether oxygens (including phenoxy) is 2. The molecule has 0 bridgehead atoms. The van der Waals surface area contributed by atoms with Crippen molar-refractivity contribution in [1.82, 2.24) is 10.6 Å². The van der Waals surface area contributed by atoms with E-state index in [0.29, 0.717) is 18.9 Å². The van der Waals surface area contributed by atoms with Crippen LogP contribution < -0.4 is 15.4 Å². The van der Waals surface area contributed by atoms with Crippen LogP contribution in [0, 0.1) is 15.5 Å². The fourth-order valence-electron chi connectivity index (χ4n) is 2.98. The molecule has 2 N–H and O–H groups in total. The van der Waals surface area contributed by atoms with Gasteiger partial charge in [0.25, 0.3) is 11.6 Å². The summed E-state index contributed by atoms with van der Waals surface area (Å²) in [6, 6.07) is 4.14. The molecule has 0 atom stereocenters. The molecule has 140 valence electrons. The first-order chi connectivity index (χ1) is 11.5. The number of hydrogen-bond acceptors (Lipinski definition) is 6. The van der Waals surface area contributed by atoms with Gasteiger partial charge in [0.15, 0.2) is 0 Å². The fraction of sp³-hybridized carbons (Fsp3) is 0.562. The smallest absolute Gasteiger partial charge is 0.282 e. The number of nitrogens with zero attached hydrogens (tertiary/aromatic N) is 1. The average Bonchev–Trinajstić information content (AvgIpc) is 2.60. The molecule has 1 aromatic rings. The number of carbonyl (C=O) groups excluding carboxylic acids is 1. The van der Waals surface area contributed by atoms with Gasteiger partial charge in [-0.1, -0.05) is 0 Å². The molecule has 0 radical (unpaired) electrons. The molecule has 0 unspecified atom stereocenters. The van der Waals surface area contributed by atoms with Gasteiger partial charge in [0.1, 0.15) is 11.3 Å². The summed E-state index contributed by atoms with van der Waals surface area (Å²) in [6.45, 7) is 2.67. The Morgan fingerprint density at radius 1 is 1.36 bits per heavy atom. The predicted molar refractivity (Wildman–Crippen MR) is 95.6 cm³/mol. The van der Waals surface area contributed by atoms with Crippen LogP contribution in [0.1, 0.15) is 23.2 Å². The predicted octanol–water partition coefficient (Wildman–Crippen LogP) is 1.77. The molecule has 1 fully saturated rings. The fourth-order valence-corrected chi connectivity index (χ4v) is 2.98. The molecular weight excluding hydrogens is 350 g/mol. The van der Waals surface area contributed by atoms with Crippen LogP contribution in [0.5, 0.6) is 5.75 Å². The molecule has 1 aliphatic heterocycles. The lowest BCUT2D eigenvalue weighted by Gasteiger charge is -2.37. The highest BCUT2D eigenvalue weighted by Crippen LogP contribution is 2.29. The molecule has 1 heterocycles. The number of piperidine rings is 1. The van der Waals surface area contributed by atoms with Crippen molar-refractivity contribution in [2.45, 2.75) is 12.8 Å². The summed E-state index contributed by atoms with van der Waals surface area (Å²) in [5.41, 5.74) is -0.385. The lowest BCUT2D eigenvalue weighted by atomic mass is 9.79. The monoisotopic (exact) mass is 373 g/mol. The zero-order valence-electron chi connectivity index (χ0n) is 14.4. The Bertz CT molecular complexity index is 600. The number of carbonyl (C=O) groups is 1. The molecule has 8 nitrogen and oxygen atoms in total. The molecule has 25 heavy (non-hydrogen) atoms. The molecule has 1 saturated heterocycles. The Morgan fingerprint density at radius 3 is 2.60 bits per heavy atom. The summed E-state index contributed by atoms with van der Waals surface area (Å²) in [4.78, 5) is 23.1. The van der Waals surface area contributed by atoms with E-state index in [1.54, 1.807) is 7.11 Å². The lowest BCUT2D eigenvalue weighted by Crippen LogP contribution is -2.47. The third kappa shape index (κ3) is 5.29. The van der Waals surface area contributed by atoms with E-state index in [2.05, 4.69) is 10.6 Å². The summed E-state index contributed by atoms with van der Waals surface area (Å²) in [7, 11) is 3.09. The zero-order valence-corrected chi connectivity index (χ0v) is 15.2. The second kappa shape index (κ2) is 9.55. The van der Waals surface area contributed by atoms with Crippen LogP contribution >= 0.6 is 12.4 Å². The standard InChI is InChI=1S/C16H23N3O5.ClH/c1-23-11-16(5-7-17-8-6-16)10-18-15(20)13-9-12(24-2)3-4-14(13)19(21)22;/h3-4,9,17H,5-8,10-11H2,1-2H3,(H,18,20);1H. The minimum Gasteiger partial charge on any atom is -0.497 e. The second-order valence-electron chi connectivity index (χ2n) is 6.01. The summed E-state index contributed by atoms with van der Waals surface area (Å²) in [5, 5.41) is 17.3. The van der Waals surface area contributed by atoms with Crippen LogP contribution in [0.4, 0.5) is 5.69 Å². The first-order valence-electron chi connectivity index (χ1n) is 7.82. The number of halogens is 1. The van der Waals surface area contributed by atoms with E-state index in [0.717, 1.165) is 25.9 Å². The van der Waals surface area contributed by atoms with Crippen molar-refractivity contribution in [3.05, 3.63) is 33.9 Å². The normalized spacial score (nSPS) is 15.8. The minimum absolute atomic E-state index is 0. The molecule has 1 aromatic carbocycles. The van der Waals surface area contributed by atoms with Crippen molar-refractivity contribution in [1.29, 1.82) is 0 Å². The molecule has 0 saturated carbocycles. The van der Waals surface area contributed by atoms with Crippen LogP contribution in [0.25, 0.3) is 0 Å². The Kier molecular flexibility index (Phi) is 8.08. The van der Waals surface area contributed by atoms with Crippen LogP contribution in [0.15, 0.2) is 18.2 Å². The van der Waals surface area contributed by atoms with E-state index in [1.807, 2.05) is 0 Å². The molecule has 0 aliphatic carbocycles. The van der Waals surface area contributed by atoms with Crippen LogP contribution in [-0.2, 0) is 4.74 Å². The Balaban J connectivity index is 0.00000312. The van der Waals surface area contributed by atoms with Crippen molar-refractivity contribution in [2.24, 2.45) is 5.41 Å². The number of nitro groups is 1. The zero-order chi connectivity index (χ0) is 17.6. The Hall–Kier alpha value is -1.90. The summed E-state index contributed by atoms with van der Waals surface area (Å²) in [5.74, 6) is -0.0752. The maximum atomic E-state index is 12.5. The highest BCUT2D eigenvalue weighted by molar-refractivity contribution is 5.98. The average molecular weight is 374 g/mol. The lowest BCUT2D eigenvalue weighted by molar-refractivity contribution is -0.385. The summed E-state index contributed by atoms with van der Waals surface area (Å²) in [6.07, 6.45) is 1.75. The summed E-state index contributed by atoms with van der Waals surface area (Å²) < 4.78 is 10.4.